The Morgan fingerprint density at radius 3 is 3.07 bits per heavy atom. The predicted molar refractivity (Wildman–Crippen MR) is 48.1 cm³/mol. The summed E-state index contributed by atoms with van der Waals surface area (Å²) in [5.74, 6) is 5.97. The van der Waals surface area contributed by atoms with E-state index in [1.54, 1.807) is 12.1 Å². The number of phenolic OH excluding ortho intramolecular Hbond substituents is 1. The molecule has 0 saturated carbocycles. The minimum Gasteiger partial charge on any atom is -0.504 e. The number of ether oxygens (including phenoxy) is 2. The molecule has 0 amide bonds. The number of phenols is 1. The molecule has 76 valence electrons. The summed E-state index contributed by atoms with van der Waals surface area (Å²) in [7, 11) is 0. The van der Waals surface area contributed by atoms with Crippen molar-refractivity contribution in [3.8, 4) is 17.2 Å². The fourth-order valence-corrected chi connectivity index (χ4v) is 1.37. The summed E-state index contributed by atoms with van der Waals surface area (Å²) in [5, 5.41) is 9.53. The van der Waals surface area contributed by atoms with Crippen LogP contribution in [-0.4, -0.2) is 18.5 Å². The highest BCUT2D eigenvalue weighted by atomic mass is 16.7. The van der Waals surface area contributed by atoms with Gasteiger partial charge in [-0.25, -0.2) is 5.90 Å². The molecule has 1 aromatic carbocycles. The van der Waals surface area contributed by atoms with Gasteiger partial charge in [0.15, 0.2) is 11.5 Å². The van der Waals surface area contributed by atoms with Crippen molar-refractivity contribution in [2.24, 2.45) is 5.90 Å². The molecule has 0 radical (unpaired) electrons. The Morgan fingerprint density at radius 1 is 1.43 bits per heavy atom. The van der Waals surface area contributed by atoms with Crippen LogP contribution >= 0.6 is 0 Å². The fraction of sp³-hybridized carbons (Fsp3) is 0.333. The number of nitrogens with two attached hydrogens (primary N) is 1. The van der Waals surface area contributed by atoms with E-state index in [1.807, 2.05) is 0 Å². The second-order valence-corrected chi connectivity index (χ2v) is 2.97. The van der Waals surface area contributed by atoms with E-state index in [1.165, 1.54) is 0 Å². The molecule has 1 aliphatic heterocycles. The van der Waals surface area contributed by atoms with Crippen molar-refractivity contribution < 1.29 is 19.4 Å². The van der Waals surface area contributed by atoms with E-state index in [9.17, 15) is 5.11 Å². The number of fused-ring (bicyclic) bond motifs is 1. The molecule has 1 aliphatic rings. The molecular formula is C9H11NO4. The van der Waals surface area contributed by atoms with Crippen molar-refractivity contribution >= 4 is 0 Å². The number of rotatable bonds is 3. The van der Waals surface area contributed by atoms with Crippen molar-refractivity contribution in [1.82, 2.24) is 0 Å². The maximum absolute atomic E-state index is 9.53. The third kappa shape index (κ3) is 1.59. The van der Waals surface area contributed by atoms with Crippen molar-refractivity contribution in [2.45, 2.75) is 6.42 Å². The topological polar surface area (TPSA) is 73.9 Å². The normalized spacial score (nSPS) is 13.2. The van der Waals surface area contributed by atoms with E-state index >= 15 is 0 Å². The summed E-state index contributed by atoms with van der Waals surface area (Å²) in [6.07, 6.45) is 0.626. The van der Waals surface area contributed by atoms with Gasteiger partial charge in [0, 0.05) is 0 Å². The van der Waals surface area contributed by atoms with Crippen LogP contribution in [0.4, 0.5) is 0 Å². The lowest BCUT2D eigenvalue weighted by atomic mass is 10.1. The third-order valence-electron chi connectivity index (χ3n) is 2.02. The van der Waals surface area contributed by atoms with Gasteiger partial charge in [-0.15, -0.1) is 0 Å². The molecular weight excluding hydrogens is 186 g/mol. The van der Waals surface area contributed by atoms with Crippen LogP contribution in [0.25, 0.3) is 0 Å². The van der Waals surface area contributed by atoms with E-state index in [0.29, 0.717) is 24.5 Å². The molecule has 1 heterocycles. The Balaban J connectivity index is 2.23. The fourth-order valence-electron chi connectivity index (χ4n) is 1.37. The molecule has 3 N–H and O–H groups in total. The van der Waals surface area contributed by atoms with Crippen LogP contribution in [0.2, 0.25) is 0 Å². The van der Waals surface area contributed by atoms with Gasteiger partial charge in [-0.05, 0) is 24.1 Å². The van der Waals surface area contributed by atoms with Crippen molar-refractivity contribution in [2.75, 3.05) is 13.4 Å². The van der Waals surface area contributed by atoms with Gasteiger partial charge >= 0.3 is 0 Å². The van der Waals surface area contributed by atoms with Gasteiger partial charge in [-0.1, -0.05) is 0 Å². The second-order valence-electron chi connectivity index (χ2n) is 2.97. The van der Waals surface area contributed by atoms with E-state index in [0.717, 1.165) is 5.56 Å². The van der Waals surface area contributed by atoms with Gasteiger partial charge in [0.2, 0.25) is 12.5 Å². The molecule has 2 rings (SSSR count). The molecule has 0 atom stereocenters. The molecule has 0 spiro atoms. The maximum Gasteiger partial charge on any atom is 0.231 e. The third-order valence-corrected chi connectivity index (χ3v) is 2.02. The van der Waals surface area contributed by atoms with Crippen LogP contribution in [0.1, 0.15) is 5.56 Å². The first kappa shape index (κ1) is 9.11. The highest BCUT2D eigenvalue weighted by Gasteiger charge is 2.18. The van der Waals surface area contributed by atoms with Gasteiger partial charge in [-0.2, -0.15) is 0 Å². The van der Waals surface area contributed by atoms with Crippen molar-refractivity contribution in [3.05, 3.63) is 17.7 Å². The average Bonchev–Trinajstić information content (AvgIpc) is 2.63. The highest BCUT2D eigenvalue weighted by molar-refractivity contribution is 5.54. The van der Waals surface area contributed by atoms with E-state index in [-0.39, 0.29) is 12.5 Å². The van der Waals surface area contributed by atoms with Gasteiger partial charge < -0.3 is 19.4 Å². The Morgan fingerprint density at radius 2 is 2.29 bits per heavy atom. The number of hydrogen-bond donors (Lipinski definition) is 2. The zero-order valence-electron chi connectivity index (χ0n) is 7.53. The van der Waals surface area contributed by atoms with Gasteiger partial charge in [0.25, 0.3) is 0 Å². The molecule has 14 heavy (non-hydrogen) atoms. The lowest BCUT2D eigenvalue weighted by molar-refractivity contribution is 0.141. The molecule has 0 saturated heterocycles. The smallest absolute Gasteiger partial charge is 0.231 e. The number of benzene rings is 1. The van der Waals surface area contributed by atoms with E-state index in [4.69, 9.17) is 15.4 Å². The number of hydrogen-bond acceptors (Lipinski definition) is 5. The molecule has 5 heteroatoms. The summed E-state index contributed by atoms with van der Waals surface area (Å²) in [6, 6.07) is 3.42. The van der Waals surface area contributed by atoms with E-state index < -0.39 is 0 Å². The summed E-state index contributed by atoms with van der Waals surface area (Å²) >= 11 is 0. The molecule has 0 aliphatic carbocycles. The SMILES string of the molecule is NOCCc1cc(O)c2c(c1)OCO2. The zero-order valence-corrected chi connectivity index (χ0v) is 7.53. The lowest BCUT2D eigenvalue weighted by Gasteiger charge is -2.04. The first-order valence-corrected chi connectivity index (χ1v) is 4.24. The minimum absolute atomic E-state index is 0.0898. The molecule has 1 aromatic rings. The van der Waals surface area contributed by atoms with Crippen LogP contribution in [0.3, 0.4) is 0 Å². The van der Waals surface area contributed by atoms with E-state index in [2.05, 4.69) is 4.84 Å². The zero-order chi connectivity index (χ0) is 9.97. The Hall–Kier alpha value is -1.46. The van der Waals surface area contributed by atoms with Crippen LogP contribution in [0, 0.1) is 0 Å². The first-order chi connectivity index (χ1) is 6.81. The molecule has 0 bridgehead atoms. The lowest BCUT2D eigenvalue weighted by Crippen LogP contribution is -2.03. The molecule has 0 aromatic heterocycles. The highest BCUT2D eigenvalue weighted by Crippen LogP contribution is 2.41. The Labute approximate surface area is 80.9 Å². The van der Waals surface area contributed by atoms with Gasteiger partial charge in [0.05, 0.1) is 6.61 Å². The quantitative estimate of drug-likeness (QED) is 0.692. The first-order valence-electron chi connectivity index (χ1n) is 4.24. The molecule has 5 nitrogen and oxygen atoms in total. The average molecular weight is 197 g/mol. The standard InChI is InChI=1S/C9H11NO4/c10-14-2-1-6-3-7(11)9-8(4-6)12-5-13-9/h3-4,11H,1-2,5,10H2. The summed E-state index contributed by atoms with van der Waals surface area (Å²) in [5.41, 5.74) is 0.900. The summed E-state index contributed by atoms with van der Waals surface area (Å²) in [6.45, 7) is 0.554. The predicted octanol–water partition coefficient (Wildman–Crippen LogP) is 0.554. The van der Waals surface area contributed by atoms with Crippen LogP contribution < -0.4 is 15.4 Å². The van der Waals surface area contributed by atoms with Crippen molar-refractivity contribution in [1.29, 1.82) is 0 Å². The Bertz CT molecular complexity index is 340. The monoisotopic (exact) mass is 197 g/mol. The van der Waals surface area contributed by atoms with Gasteiger partial charge in [0.1, 0.15) is 0 Å². The van der Waals surface area contributed by atoms with Crippen LogP contribution in [0.15, 0.2) is 12.1 Å². The largest absolute Gasteiger partial charge is 0.504 e. The Kier molecular flexibility index (Phi) is 2.43. The van der Waals surface area contributed by atoms with Gasteiger partial charge in [-0.3, -0.25) is 0 Å². The van der Waals surface area contributed by atoms with Crippen LogP contribution in [0.5, 0.6) is 17.2 Å². The summed E-state index contributed by atoms with van der Waals surface area (Å²) in [4.78, 5) is 4.45. The minimum atomic E-state index is 0.0898. The number of aromatic hydroxyl groups is 1. The molecule has 0 fully saturated rings. The molecule has 0 unspecified atom stereocenters. The maximum atomic E-state index is 9.53. The van der Waals surface area contributed by atoms with Crippen LogP contribution in [-0.2, 0) is 11.3 Å². The summed E-state index contributed by atoms with van der Waals surface area (Å²) < 4.78 is 10.2. The van der Waals surface area contributed by atoms with Crippen molar-refractivity contribution in [3.63, 3.8) is 0 Å². The second kappa shape index (κ2) is 3.73.